The van der Waals surface area contributed by atoms with Crippen LogP contribution in [-0.2, 0) is 0 Å². The summed E-state index contributed by atoms with van der Waals surface area (Å²) in [6.07, 6.45) is 4.78. The Morgan fingerprint density at radius 2 is 1.07 bits per heavy atom. The first-order valence-corrected chi connectivity index (χ1v) is 20.9. The summed E-state index contributed by atoms with van der Waals surface area (Å²) in [4.78, 5) is 46.7. The van der Waals surface area contributed by atoms with Crippen molar-refractivity contribution < 1.29 is 22.8 Å². The Labute approximate surface area is 377 Å². The van der Waals surface area contributed by atoms with Crippen molar-refractivity contribution in [2.24, 2.45) is 0 Å². The maximum atomic E-state index is 13.9. The van der Waals surface area contributed by atoms with Gasteiger partial charge >= 0.3 is 0 Å². The van der Waals surface area contributed by atoms with Crippen molar-refractivity contribution in [2.75, 3.05) is 14.2 Å². The summed E-state index contributed by atoms with van der Waals surface area (Å²) in [5.74, 6) is 1.40. The van der Waals surface area contributed by atoms with Crippen molar-refractivity contribution in [2.45, 2.75) is 20.8 Å². The Bertz CT molecular complexity index is 3930. The second-order valence-corrected chi connectivity index (χ2v) is 15.5. The predicted octanol–water partition coefficient (Wildman–Crippen LogP) is 8.98. The average molecular weight is 892 g/mol. The summed E-state index contributed by atoms with van der Waals surface area (Å²) in [6, 6.07) is 30.4. The van der Waals surface area contributed by atoms with Crippen LogP contribution in [0, 0.1) is 20.8 Å². The molecule has 0 fully saturated rings. The Balaban J connectivity index is 0.000000148. The molecule has 0 aliphatic heterocycles. The zero-order valence-corrected chi connectivity index (χ0v) is 36.4. The first kappa shape index (κ1) is 40.5. The van der Waals surface area contributed by atoms with Gasteiger partial charge in [0.25, 0.3) is 11.1 Å². The number of fused-ring (bicyclic) bond motifs is 4. The summed E-state index contributed by atoms with van der Waals surface area (Å²) in [5, 5.41) is 17.1. The van der Waals surface area contributed by atoms with E-state index in [1.807, 2.05) is 80.6 Å². The molecule has 3 N–H and O–H groups in total. The highest BCUT2D eigenvalue weighted by Crippen LogP contribution is 2.38. The lowest BCUT2D eigenvalue weighted by Crippen LogP contribution is -2.19. The molecule has 0 atom stereocenters. The van der Waals surface area contributed by atoms with Crippen LogP contribution in [0.3, 0.4) is 0 Å². The van der Waals surface area contributed by atoms with E-state index < -0.39 is 0 Å². The molecule has 0 unspecified atom stereocenters. The van der Waals surface area contributed by atoms with Crippen LogP contribution in [-0.4, -0.2) is 68.7 Å². The molecule has 0 aliphatic carbocycles. The summed E-state index contributed by atoms with van der Waals surface area (Å²) < 4.78 is 30.9. The van der Waals surface area contributed by atoms with Crippen LogP contribution in [0.5, 0.6) is 11.5 Å². The van der Waals surface area contributed by atoms with Gasteiger partial charge in [-0.15, -0.1) is 0 Å². The summed E-state index contributed by atoms with van der Waals surface area (Å²) >= 11 is 0. The summed E-state index contributed by atoms with van der Waals surface area (Å²) in [5.41, 5.74) is 10.7. The lowest BCUT2D eigenvalue weighted by Gasteiger charge is -2.06. The Morgan fingerprint density at radius 3 is 1.54 bits per heavy atom. The minimum atomic E-state index is -0.351. The van der Waals surface area contributed by atoms with Crippen LogP contribution < -0.4 is 20.6 Å². The zero-order chi connectivity index (χ0) is 45.9. The molecule has 12 aromatic rings. The Kier molecular flexibility index (Phi) is 9.68. The molecule has 0 spiro atoms. The number of methoxy groups -OCH3 is 2. The van der Waals surface area contributed by atoms with Crippen molar-refractivity contribution in [3.63, 3.8) is 0 Å². The average Bonchev–Trinajstić information content (AvgIpc) is 4.22. The highest BCUT2D eigenvalue weighted by atomic mass is 16.5. The molecule has 0 bridgehead atoms. The molecular formula is C49H37N11O7. The molecule has 4 aromatic carbocycles. The maximum Gasteiger partial charge on any atom is 0.286 e. The van der Waals surface area contributed by atoms with Gasteiger partial charge in [-0.2, -0.15) is 5.10 Å². The van der Waals surface area contributed by atoms with Crippen LogP contribution in [0.2, 0.25) is 0 Å². The van der Waals surface area contributed by atoms with Crippen LogP contribution in [0.4, 0.5) is 0 Å². The molecule has 18 heteroatoms. The van der Waals surface area contributed by atoms with Crippen molar-refractivity contribution in [3.05, 3.63) is 154 Å². The third-order valence-electron chi connectivity index (χ3n) is 11.5. The van der Waals surface area contributed by atoms with Gasteiger partial charge in [0.2, 0.25) is 11.8 Å². The first-order chi connectivity index (χ1) is 32.7. The monoisotopic (exact) mass is 891 g/mol. The van der Waals surface area contributed by atoms with E-state index in [-0.39, 0.29) is 34.0 Å². The van der Waals surface area contributed by atoms with E-state index in [4.69, 9.17) is 32.8 Å². The van der Waals surface area contributed by atoms with Crippen molar-refractivity contribution in [3.8, 4) is 79.2 Å². The fourth-order valence-corrected chi connectivity index (χ4v) is 8.35. The first-order valence-electron chi connectivity index (χ1n) is 20.9. The number of aromatic amines is 3. The molecule has 8 heterocycles. The Hall–Kier alpha value is -9.32. The van der Waals surface area contributed by atoms with E-state index in [0.717, 1.165) is 33.6 Å². The van der Waals surface area contributed by atoms with Crippen molar-refractivity contribution >= 4 is 33.5 Å². The van der Waals surface area contributed by atoms with E-state index in [1.165, 1.54) is 15.3 Å². The summed E-state index contributed by atoms with van der Waals surface area (Å²) in [7, 11) is 3.12. The number of hydrogen-bond donors (Lipinski definition) is 3. The number of rotatable bonds is 8. The largest absolute Gasteiger partial charge is 0.494 e. The van der Waals surface area contributed by atoms with Gasteiger partial charge in [0, 0.05) is 34.3 Å². The molecule has 8 aromatic heterocycles. The SMILES string of the molecule is COc1cccc2oc(-c3c(-c4cn[nH]c4)nc4c(-c5ccccc5)c(C)[nH]n4c3=O)nc12.COc1cccc2oc(-c3c(-c4conc4C)nc4c(-c5ccccc5)c(C)[nH]n4c3=O)nc12. The molecule has 0 radical (unpaired) electrons. The number of ether oxygens (including phenoxy) is 2. The fourth-order valence-electron chi connectivity index (χ4n) is 8.35. The number of H-pyrrole nitrogens is 3. The lowest BCUT2D eigenvalue weighted by atomic mass is 10.1. The van der Waals surface area contributed by atoms with Gasteiger partial charge in [0.05, 0.1) is 43.1 Å². The minimum Gasteiger partial charge on any atom is -0.494 e. The van der Waals surface area contributed by atoms with E-state index in [1.54, 1.807) is 63.9 Å². The van der Waals surface area contributed by atoms with Crippen LogP contribution in [0.25, 0.3) is 101 Å². The third-order valence-corrected chi connectivity index (χ3v) is 11.5. The highest BCUT2D eigenvalue weighted by Gasteiger charge is 2.28. The Morgan fingerprint density at radius 1 is 0.567 bits per heavy atom. The smallest absolute Gasteiger partial charge is 0.286 e. The van der Waals surface area contributed by atoms with Gasteiger partial charge in [0.1, 0.15) is 28.9 Å². The predicted molar refractivity (Wildman–Crippen MR) is 249 cm³/mol. The van der Waals surface area contributed by atoms with Crippen LogP contribution in [0.1, 0.15) is 17.1 Å². The number of aryl methyl sites for hydroxylation is 3. The number of para-hydroxylation sites is 2. The second-order valence-electron chi connectivity index (χ2n) is 15.5. The van der Waals surface area contributed by atoms with E-state index >= 15 is 0 Å². The minimum absolute atomic E-state index is 0.135. The number of nitrogens with zero attached hydrogens (tertiary/aromatic N) is 8. The highest BCUT2D eigenvalue weighted by molar-refractivity contribution is 5.89. The van der Waals surface area contributed by atoms with Gasteiger partial charge in [-0.1, -0.05) is 78.0 Å². The maximum absolute atomic E-state index is 13.9. The number of nitrogens with one attached hydrogen (secondary N) is 3. The van der Waals surface area contributed by atoms with E-state index in [9.17, 15) is 9.59 Å². The topological polar surface area (TPSA) is 226 Å². The lowest BCUT2D eigenvalue weighted by molar-refractivity contribution is 0.415. The molecular weight excluding hydrogens is 855 g/mol. The molecule has 12 rings (SSSR count). The van der Waals surface area contributed by atoms with Gasteiger partial charge in [-0.3, -0.25) is 24.9 Å². The van der Waals surface area contributed by atoms with Crippen LogP contribution >= 0.6 is 0 Å². The van der Waals surface area contributed by atoms with Crippen molar-refractivity contribution in [1.29, 1.82) is 0 Å². The molecule has 67 heavy (non-hydrogen) atoms. The van der Waals surface area contributed by atoms with E-state index in [0.29, 0.717) is 73.2 Å². The number of aromatic nitrogens is 11. The van der Waals surface area contributed by atoms with Gasteiger partial charge < -0.3 is 22.8 Å². The zero-order valence-electron chi connectivity index (χ0n) is 36.4. The molecule has 18 nitrogen and oxygen atoms in total. The normalized spacial score (nSPS) is 11.5. The molecule has 330 valence electrons. The molecule has 0 saturated heterocycles. The summed E-state index contributed by atoms with van der Waals surface area (Å²) in [6.45, 7) is 5.62. The quantitative estimate of drug-likeness (QED) is 0.130. The molecule has 0 aliphatic rings. The molecule has 0 amide bonds. The number of oxazole rings is 2. The number of hydrogen-bond acceptors (Lipinski definition) is 13. The van der Waals surface area contributed by atoms with E-state index in [2.05, 4.69) is 35.5 Å². The second kappa shape index (κ2) is 16.0. The van der Waals surface area contributed by atoms with Crippen molar-refractivity contribution in [1.82, 2.24) is 54.5 Å². The van der Waals surface area contributed by atoms with Crippen LogP contribution in [0.15, 0.2) is 139 Å². The number of benzene rings is 4. The van der Waals surface area contributed by atoms with Gasteiger partial charge in [0.15, 0.2) is 33.5 Å². The molecule has 0 saturated carbocycles. The standard InChI is InChI=1S/C25H19N5O4.C24H18N6O3/c1-13-16(12-33-29-13)21-20(24-27-22-17(32-3)10-7-11-18(22)34-24)25(31)30-23(26-21)19(14(2)28-30)15-8-5-4-6-9-15;1-13-18(14-7-4-3-5-8-14)22-27-20(15-11-25-26-12-15)19(24(31)30(22)29-13)23-28-21-16(32-2)9-6-10-17(21)33-23/h4-12,28H,1-3H3;3-12,29H,1-2H3,(H,25,26). The van der Waals surface area contributed by atoms with Gasteiger partial charge in [-0.05, 0) is 56.2 Å². The fraction of sp³-hybridized carbons (Fsp3) is 0.102. The van der Waals surface area contributed by atoms with Gasteiger partial charge in [-0.25, -0.2) is 29.0 Å². The third kappa shape index (κ3) is 6.65.